The molecule has 3 rings (SSSR count). The molecule has 3 aromatic carbocycles. The smallest absolute Gasteiger partial charge is 0.251 e. The molecule has 0 bridgehead atoms. The van der Waals surface area contributed by atoms with Gasteiger partial charge in [-0.3, -0.25) is 9.59 Å². The molecule has 4 N–H and O–H groups in total. The number of benzene rings is 3. The number of rotatable bonds is 8. The van der Waals surface area contributed by atoms with E-state index in [1.54, 1.807) is 48.5 Å². The molecule has 0 fully saturated rings. The fourth-order valence-corrected chi connectivity index (χ4v) is 3.58. The first-order valence-corrected chi connectivity index (χ1v) is 11.2. The number of primary sulfonamides is 1. The van der Waals surface area contributed by atoms with Crippen molar-refractivity contribution < 1.29 is 22.7 Å². The number of hydrogen-bond acceptors (Lipinski definition) is 5. The van der Waals surface area contributed by atoms with Crippen molar-refractivity contribution in [2.24, 2.45) is 5.14 Å². The van der Waals surface area contributed by atoms with Crippen molar-refractivity contribution in [2.45, 2.75) is 17.4 Å². The average molecular weight is 454 g/mol. The van der Waals surface area contributed by atoms with Crippen LogP contribution in [0.2, 0.25) is 0 Å². The normalized spacial score (nSPS) is 11.9. The molecule has 1 atom stereocenters. The third-order valence-corrected chi connectivity index (χ3v) is 5.62. The Morgan fingerprint density at radius 1 is 0.969 bits per heavy atom. The number of carbonyl (C=O) groups is 2. The minimum Gasteiger partial charge on any atom is -0.497 e. The average Bonchev–Trinajstić information content (AvgIpc) is 2.79. The van der Waals surface area contributed by atoms with Gasteiger partial charge in [0.15, 0.2) is 0 Å². The first kappa shape index (κ1) is 23.0. The third-order valence-electron chi connectivity index (χ3n) is 4.69. The lowest BCUT2D eigenvalue weighted by molar-refractivity contribution is -0.116. The van der Waals surface area contributed by atoms with Gasteiger partial charge in [0.25, 0.3) is 5.91 Å². The predicted octanol–water partition coefficient (Wildman–Crippen LogP) is 2.84. The molecule has 32 heavy (non-hydrogen) atoms. The zero-order valence-corrected chi connectivity index (χ0v) is 18.1. The molecule has 166 valence electrons. The van der Waals surface area contributed by atoms with Crippen LogP contribution in [0.3, 0.4) is 0 Å². The number of nitrogens with one attached hydrogen (secondary N) is 2. The monoisotopic (exact) mass is 453 g/mol. The van der Waals surface area contributed by atoms with Crippen LogP contribution >= 0.6 is 0 Å². The van der Waals surface area contributed by atoms with Crippen LogP contribution in [0.1, 0.15) is 28.4 Å². The Bertz CT molecular complexity index is 1200. The summed E-state index contributed by atoms with van der Waals surface area (Å²) in [5, 5.41) is 10.7. The summed E-state index contributed by atoms with van der Waals surface area (Å²) in [5.74, 6) is -0.0845. The molecule has 2 amide bonds. The van der Waals surface area contributed by atoms with Crippen molar-refractivity contribution >= 4 is 27.5 Å². The van der Waals surface area contributed by atoms with Gasteiger partial charge in [-0.2, -0.15) is 0 Å². The summed E-state index contributed by atoms with van der Waals surface area (Å²) in [6, 6.07) is 20.7. The summed E-state index contributed by atoms with van der Waals surface area (Å²) in [6.07, 6.45) is -0.0529. The largest absolute Gasteiger partial charge is 0.497 e. The maximum atomic E-state index is 12.7. The Kier molecular flexibility index (Phi) is 7.24. The highest BCUT2D eigenvalue weighted by atomic mass is 32.2. The van der Waals surface area contributed by atoms with E-state index in [1.165, 1.54) is 31.4 Å². The van der Waals surface area contributed by atoms with E-state index in [2.05, 4.69) is 10.6 Å². The molecule has 0 aliphatic rings. The first-order chi connectivity index (χ1) is 15.3. The summed E-state index contributed by atoms with van der Waals surface area (Å²) in [4.78, 5) is 25.4. The van der Waals surface area contributed by atoms with E-state index < -0.39 is 16.1 Å². The van der Waals surface area contributed by atoms with E-state index in [9.17, 15) is 18.0 Å². The first-order valence-electron chi connectivity index (χ1n) is 9.69. The lowest BCUT2D eigenvalue weighted by Crippen LogP contribution is -2.31. The molecular weight excluding hydrogens is 430 g/mol. The van der Waals surface area contributed by atoms with Gasteiger partial charge in [0, 0.05) is 11.3 Å². The Morgan fingerprint density at radius 2 is 1.66 bits per heavy atom. The Balaban J connectivity index is 1.78. The molecule has 0 saturated heterocycles. The molecular formula is C23H23N3O5S. The second kappa shape index (κ2) is 10.1. The Labute approximate surface area is 186 Å². The molecule has 0 aliphatic carbocycles. The number of methoxy groups -OCH3 is 1. The predicted molar refractivity (Wildman–Crippen MR) is 121 cm³/mol. The lowest BCUT2D eigenvalue weighted by Gasteiger charge is -2.20. The minimum absolute atomic E-state index is 0.0529. The molecule has 0 saturated carbocycles. The zero-order valence-electron chi connectivity index (χ0n) is 17.3. The van der Waals surface area contributed by atoms with Gasteiger partial charge in [0.05, 0.1) is 24.5 Å². The minimum atomic E-state index is -3.82. The Hall–Kier alpha value is -3.69. The molecule has 3 aromatic rings. The molecule has 0 aromatic heterocycles. The fraction of sp³-hybridized carbons (Fsp3) is 0.130. The van der Waals surface area contributed by atoms with E-state index in [1.807, 2.05) is 6.07 Å². The number of anilines is 1. The van der Waals surface area contributed by atoms with E-state index in [0.717, 1.165) is 0 Å². The van der Waals surface area contributed by atoms with Crippen LogP contribution < -0.4 is 20.5 Å². The van der Waals surface area contributed by atoms with Crippen molar-refractivity contribution in [1.82, 2.24) is 5.32 Å². The maximum absolute atomic E-state index is 12.7. The van der Waals surface area contributed by atoms with E-state index >= 15 is 0 Å². The van der Waals surface area contributed by atoms with Crippen LogP contribution in [-0.2, 0) is 14.8 Å². The number of nitrogens with two attached hydrogens (primary N) is 1. The second-order valence-corrected chi connectivity index (χ2v) is 8.55. The van der Waals surface area contributed by atoms with Gasteiger partial charge < -0.3 is 15.4 Å². The van der Waals surface area contributed by atoms with Gasteiger partial charge in [-0.05, 0) is 54.1 Å². The topological polar surface area (TPSA) is 128 Å². The van der Waals surface area contributed by atoms with Crippen LogP contribution in [0.4, 0.5) is 5.69 Å². The SMILES string of the molecule is COc1cccc([C@@H](CC(=O)Nc2ccc(S(N)(=O)=O)cc2)NC(=O)c2ccccc2)c1. The van der Waals surface area contributed by atoms with E-state index in [0.29, 0.717) is 22.6 Å². The zero-order chi connectivity index (χ0) is 23.1. The van der Waals surface area contributed by atoms with Crippen molar-refractivity contribution in [3.8, 4) is 5.75 Å². The molecule has 9 heteroatoms. The quantitative estimate of drug-likeness (QED) is 0.483. The summed E-state index contributed by atoms with van der Waals surface area (Å²) in [7, 11) is -2.29. The standard InChI is InChI=1S/C23H23N3O5S/c1-31-19-9-5-8-17(14-19)21(26-23(28)16-6-3-2-4-7-16)15-22(27)25-18-10-12-20(13-11-18)32(24,29)30/h2-14,21H,15H2,1H3,(H,25,27)(H,26,28)(H2,24,29,30)/t21-/m1/s1. The number of hydrogen-bond donors (Lipinski definition) is 3. The lowest BCUT2D eigenvalue weighted by atomic mass is 10.0. The van der Waals surface area contributed by atoms with Crippen LogP contribution in [-0.4, -0.2) is 27.3 Å². The van der Waals surface area contributed by atoms with Crippen LogP contribution in [0.5, 0.6) is 5.75 Å². The molecule has 8 nitrogen and oxygen atoms in total. The van der Waals surface area contributed by atoms with Crippen molar-refractivity contribution in [2.75, 3.05) is 12.4 Å². The van der Waals surface area contributed by atoms with Crippen LogP contribution in [0.15, 0.2) is 83.8 Å². The van der Waals surface area contributed by atoms with Crippen molar-refractivity contribution in [3.05, 3.63) is 90.0 Å². The number of amides is 2. The van der Waals surface area contributed by atoms with Crippen molar-refractivity contribution in [3.63, 3.8) is 0 Å². The molecule has 0 unspecified atom stereocenters. The molecule has 0 heterocycles. The van der Waals surface area contributed by atoms with E-state index in [4.69, 9.17) is 9.88 Å². The number of ether oxygens (including phenoxy) is 1. The maximum Gasteiger partial charge on any atom is 0.251 e. The fourth-order valence-electron chi connectivity index (χ4n) is 3.07. The highest BCUT2D eigenvalue weighted by Gasteiger charge is 2.20. The van der Waals surface area contributed by atoms with Gasteiger partial charge >= 0.3 is 0 Å². The molecule has 0 aliphatic heterocycles. The highest BCUT2D eigenvalue weighted by Crippen LogP contribution is 2.23. The van der Waals surface area contributed by atoms with E-state index in [-0.39, 0.29) is 23.1 Å². The third kappa shape index (κ3) is 6.16. The summed E-state index contributed by atoms with van der Waals surface area (Å²) in [6.45, 7) is 0. The highest BCUT2D eigenvalue weighted by molar-refractivity contribution is 7.89. The van der Waals surface area contributed by atoms with Gasteiger partial charge in [-0.15, -0.1) is 0 Å². The number of sulfonamides is 1. The van der Waals surface area contributed by atoms with Gasteiger partial charge in [0.2, 0.25) is 15.9 Å². The molecule has 0 spiro atoms. The summed E-state index contributed by atoms with van der Waals surface area (Å²) < 4.78 is 28.0. The van der Waals surface area contributed by atoms with Gasteiger partial charge in [0.1, 0.15) is 5.75 Å². The van der Waals surface area contributed by atoms with Crippen LogP contribution in [0, 0.1) is 0 Å². The second-order valence-electron chi connectivity index (χ2n) is 6.99. The summed E-state index contributed by atoms with van der Waals surface area (Å²) in [5.41, 5.74) is 1.58. The Morgan fingerprint density at radius 3 is 2.28 bits per heavy atom. The van der Waals surface area contributed by atoms with Crippen LogP contribution in [0.25, 0.3) is 0 Å². The molecule has 0 radical (unpaired) electrons. The van der Waals surface area contributed by atoms with Crippen molar-refractivity contribution in [1.29, 1.82) is 0 Å². The van der Waals surface area contributed by atoms with Gasteiger partial charge in [-0.1, -0.05) is 30.3 Å². The van der Waals surface area contributed by atoms with Gasteiger partial charge in [-0.25, -0.2) is 13.6 Å². The summed E-state index contributed by atoms with van der Waals surface area (Å²) >= 11 is 0. The number of carbonyl (C=O) groups excluding carboxylic acids is 2.